The van der Waals surface area contributed by atoms with E-state index in [1.54, 1.807) is 16.7 Å². The van der Waals surface area contributed by atoms with Crippen LogP contribution in [-0.2, 0) is 14.3 Å². The van der Waals surface area contributed by atoms with Gasteiger partial charge in [-0.25, -0.2) is 4.79 Å². The molecule has 0 bridgehead atoms. The van der Waals surface area contributed by atoms with Crippen molar-refractivity contribution in [3.8, 4) is 16.9 Å². The molecule has 1 aliphatic rings. The summed E-state index contributed by atoms with van der Waals surface area (Å²) in [5.41, 5.74) is 3.93. The maximum absolute atomic E-state index is 14.5. The Morgan fingerprint density at radius 3 is 2.23 bits per heavy atom. The summed E-state index contributed by atoms with van der Waals surface area (Å²) in [4.78, 5) is 56.2. The second-order valence-corrected chi connectivity index (χ2v) is 10.9. The molecule has 10 nitrogen and oxygen atoms in total. The third-order valence-corrected chi connectivity index (χ3v) is 7.69. The fourth-order valence-electron chi connectivity index (χ4n) is 5.61. The number of nitrogens with zero attached hydrogens (tertiary/aromatic N) is 4. The van der Waals surface area contributed by atoms with Gasteiger partial charge in [0.05, 0.1) is 30.3 Å². The number of amides is 3. The minimum atomic E-state index is -1.07. The summed E-state index contributed by atoms with van der Waals surface area (Å²) in [7, 11) is 0. The summed E-state index contributed by atoms with van der Waals surface area (Å²) in [6.45, 7) is 8.17. The van der Waals surface area contributed by atoms with Crippen molar-refractivity contribution in [1.82, 2.24) is 19.3 Å². The molecule has 2 aromatic carbocycles. The van der Waals surface area contributed by atoms with E-state index in [4.69, 9.17) is 4.74 Å². The van der Waals surface area contributed by atoms with Crippen molar-refractivity contribution in [2.75, 3.05) is 32.8 Å². The molecule has 228 valence electrons. The van der Waals surface area contributed by atoms with Gasteiger partial charge in [-0.3, -0.25) is 14.4 Å². The van der Waals surface area contributed by atoms with Crippen molar-refractivity contribution >= 4 is 23.9 Å². The molecule has 2 heterocycles. The van der Waals surface area contributed by atoms with E-state index >= 15 is 0 Å². The zero-order valence-corrected chi connectivity index (χ0v) is 25.2. The highest BCUT2D eigenvalue weighted by atomic mass is 16.5. The number of benzene rings is 2. The van der Waals surface area contributed by atoms with Gasteiger partial charge in [0.1, 0.15) is 0 Å². The number of hydrogen-bond acceptors (Lipinski definition) is 5. The molecule has 1 atom stereocenters. The monoisotopic (exact) mass is 588 g/mol. The average molecular weight is 589 g/mol. The molecule has 1 saturated heterocycles. The lowest BCUT2D eigenvalue weighted by Crippen LogP contribution is -2.60. The quantitative estimate of drug-likeness (QED) is 0.340. The van der Waals surface area contributed by atoms with Crippen LogP contribution in [0, 0.1) is 6.92 Å². The second-order valence-electron chi connectivity index (χ2n) is 10.9. The van der Waals surface area contributed by atoms with Crippen LogP contribution in [-0.4, -0.2) is 93.1 Å². The minimum Gasteiger partial charge on any atom is -0.466 e. The Labute approximate surface area is 252 Å². The first-order chi connectivity index (χ1) is 20.6. The van der Waals surface area contributed by atoms with E-state index in [0.717, 1.165) is 22.6 Å². The van der Waals surface area contributed by atoms with Crippen LogP contribution in [0.1, 0.15) is 49.7 Å². The number of hydrogen-bond donors (Lipinski definition) is 1. The molecule has 1 aromatic heterocycles. The van der Waals surface area contributed by atoms with Crippen molar-refractivity contribution in [1.29, 1.82) is 0 Å². The van der Waals surface area contributed by atoms with E-state index in [0.29, 0.717) is 5.56 Å². The third-order valence-electron chi connectivity index (χ3n) is 7.69. The maximum Gasteiger partial charge on any atom is 0.407 e. The number of para-hydroxylation sites is 1. The number of carbonyl (C=O) groups excluding carboxylic acids is 3. The Morgan fingerprint density at radius 2 is 1.63 bits per heavy atom. The van der Waals surface area contributed by atoms with Crippen LogP contribution in [0.15, 0.2) is 66.7 Å². The first-order valence-electron chi connectivity index (χ1n) is 14.7. The number of carbonyl (C=O) groups is 4. The Morgan fingerprint density at radius 1 is 0.977 bits per heavy atom. The van der Waals surface area contributed by atoms with Crippen molar-refractivity contribution in [3.05, 3.63) is 78.0 Å². The second kappa shape index (κ2) is 14.0. The Bertz CT molecular complexity index is 1440. The zero-order chi connectivity index (χ0) is 31.1. The molecule has 1 fully saturated rings. The van der Waals surface area contributed by atoms with Crippen molar-refractivity contribution in [3.63, 3.8) is 0 Å². The average Bonchev–Trinajstić information content (AvgIpc) is 3.35. The largest absolute Gasteiger partial charge is 0.466 e. The van der Waals surface area contributed by atoms with Gasteiger partial charge in [-0.05, 0) is 51.5 Å². The molecule has 1 N–H and O–H groups in total. The predicted molar refractivity (Wildman–Crippen MR) is 163 cm³/mol. The van der Waals surface area contributed by atoms with E-state index in [1.807, 2.05) is 87.5 Å². The molecular weight excluding hydrogens is 548 g/mol. The van der Waals surface area contributed by atoms with Crippen LogP contribution in [0.2, 0.25) is 0 Å². The SMILES string of the molecule is CCOC(=O)CCC(=O)N(C[C@@H]1CN(C(=O)O)CCN1C(=O)c1cc(C)n(-c2ccccc2)c1-c1ccccc1)C(C)C. The van der Waals surface area contributed by atoms with Gasteiger partial charge in [0.15, 0.2) is 0 Å². The molecule has 0 radical (unpaired) electrons. The topological polar surface area (TPSA) is 112 Å². The molecule has 1 aliphatic heterocycles. The first kappa shape index (κ1) is 31.3. The lowest BCUT2D eigenvalue weighted by molar-refractivity contribution is -0.146. The van der Waals surface area contributed by atoms with Gasteiger partial charge in [0.25, 0.3) is 5.91 Å². The highest BCUT2D eigenvalue weighted by Crippen LogP contribution is 2.32. The van der Waals surface area contributed by atoms with Crippen LogP contribution in [0.25, 0.3) is 16.9 Å². The van der Waals surface area contributed by atoms with Crippen molar-refractivity contribution in [2.45, 2.75) is 52.6 Å². The molecular formula is C33H40N4O6. The highest BCUT2D eigenvalue weighted by molar-refractivity contribution is 6.01. The van der Waals surface area contributed by atoms with Crippen molar-refractivity contribution in [2.24, 2.45) is 0 Å². The van der Waals surface area contributed by atoms with E-state index in [1.165, 1.54) is 4.90 Å². The van der Waals surface area contributed by atoms with Gasteiger partial charge in [-0.15, -0.1) is 0 Å². The fraction of sp³-hybridized carbons (Fsp3) is 0.394. The molecule has 4 rings (SSSR count). The number of aromatic nitrogens is 1. The lowest BCUT2D eigenvalue weighted by Gasteiger charge is -2.43. The predicted octanol–water partition coefficient (Wildman–Crippen LogP) is 4.84. The summed E-state index contributed by atoms with van der Waals surface area (Å²) < 4.78 is 7.04. The molecule has 0 saturated carbocycles. The number of piperazine rings is 1. The van der Waals surface area contributed by atoms with Gasteiger partial charge in [-0.2, -0.15) is 0 Å². The van der Waals surface area contributed by atoms with Crippen LogP contribution >= 0.6 is 0 Å². The Hall–Kier alpha value is -4.60. The number of esters is 1. The van der Waals surface area contributed by atoms with Gasteiger partial charge < -0.3 is 29.1 Å². The summed E-state index contributed by atoms with van der Waals surface area (Å²) in [5, 5.41) is 9.79. The number of aryl methyl sites for hydroxylation is 1. The molecule has 0 aliphatic carbocycles. The zero-order valence-electron chi connectivity index (χ0n) is 25.2. The van der Waals surface area contributed by atoms with Crippen LogP contribution in [0.4, 0.5) is 4.79 Å². The van der Waals surface area contributed by atoms with Gasteiger partial charge in [0, 0.05) is 50.0 Å². The van der Waals surface area contributed by atoms with E-state index in [2.05, 4.69) is 4.57 Å². The molecule has 0 spiro atoms. The van der Waals surface area contributed by atoms with Gasteiger partial charge >= 0.3 is 12.1 Å². The normalized spacial score (nSPS) is 15.0. The fourth-order valence-corrected chi connectivity index (χ4v) is 5.61. The standard InChI is InChI=1S/C33H40N4O6/c1-5-43-30(39)17-16-29(38)36(23(2)3)22-27-21-34(33(41)42)18-19-35(27)32(40)28-20-24(4)37(26-14-10-7-11-15-26)31(28)25-12-8-6-9-13-25/h6-15,20,23,27H,5,16-19,21-22H2,1-4H3,(H,41,42)/t27-/m0/s1. The molecule has 10 heteroatoms. The van der Waals surface area contributed by atoms with Gasteiger partial charge in [0.2, 0.25) is 5.91 Å². The molecule has 3 amide bonds. The maximum atomic E-state index is 14.5. The van der Waals surface area contributed by atoms with E-state index in [9.17, 15) is 24.3 Å². The molecule has 3 aromatic rings. The first-order valence-corrected chi connectivity index (χ1v) is 14.7. The summed E-state index contributed by atoms with van der Waals surface area (Å²) in [6, 6.07) is 20.6. The number of carboxylic acid groups (broad SMARTS) is 1. The van der Waals surface area contributed by atoms with Crippen molar-refractivity contribution < 1.29 is 29.0 Å². The Kier molecular flexibility index (Phi) is 10.2. The highest BCUT2D eigenvalue weighted by Gasteiger charge is 2.37. The summed E-state index contributed by atoms with van der Waals surface area (Å²) in [6.07, 6.45) is -1.15. The van der Waals surface area contributed by atoms with E-state index in [-0.39, 0.29) is 63.5 Å². The minimum absolute atomic E-state index is 0.0302. The Balaban J connectivity index is 1.71. The lowest BCUT2D eigenvalue weighted by atomic mass is 10.0. The summed E-state index contributed by atoms with van der Waals surface area (Å²) >= 11 is 0. The van der Waals surface area contributed by atoms with Crippen LogP contribution in [0.3, 0.4) is 0 Å². The van der Waals surface area contributed by atoms with E-state index < -0.39 is 18.1 Å². The van der Waals surface area contributed by atoms with Gasteiger partial charge in [-0.1, -0.05) is 48.5 Å². The van der Waals surface area contributed by atoms with Crippen LogP contribution < -0.4 is 0 Å². The van der Waals surface area contributed by atoms with Crippen LogP contribution in [0.5, 0.6) is 0 Å². The number of ether oxygens (including phenoxy) is 1. The summed E-state index contributed by atoms with van der Waals surface area (Å²) in [5.74, 6) is -0.925. The smallest absolute Gasteiger partial charge is 0.407 e. The molecule has 0 unspecified atom stereocenters. The number of rotatable bonds is 10. The molecule has 43 heavy (non-hydrogen) atoms. The third kappa shape index (κ3) is 7.25.